The molecule has 0 aliphatic rings. The molecule has 6 heteroatoms. The van der Waals surface area contributed by atoms with E-state index < -0.39 is 5.97 Å². The lowest BCUT2D eigenvalue weighted by Crippen LogP contribution is -2.11. The minimum Gasteiger partial charge on any atom is -0.512 e. The topological polar surface area (TPSA) is 76.7 Å². The van der Waals surface area contributed by atoms with E-state index in [1.165, 1.54) is 13.1 Å². The molecule has 0 fully saturated rings. The first-order valence-corrected chi connectivity index (χ1v) is 9.36. The summed E-state index contributed by atoms with van der Waals surface area (Å²) in [5.74, 6) is -0.200. The number of aliphatic hydroxyl groups is 1. The van der Waals surface area contributed by atoms with Crippen molar-refractivity contribution in [2.75, 3.05) is 6.61 Å². The number of nitrogens with zero attached hydrogens (tertiary/aromatic N) is 3. The molecule has 0 amide bonds. The molecule has 0 atom stereocenters. The molecule has 1 heterocycles. The zero-order valence-electron chi connectivity index (χ0n) is 16.4. The van der Waals surface area contributed by atoms with Crippen molar-refractivity contribution in [2.45, 2.75) is 20.4 Å². The Morgan fingerprint density at radius 2 is 1.79 bits per heavy atom. The zero-order chi connectivity index (χ0) is 20.6. The lowest BCUT2D eigenvalue weighted by molar-refractivity contribution is -0.138. The summed E-state index contributed by atoms with van der Waals surface area (Å²) < 4.78 is 6.75. The average Bonchev–Trinajstić information content (AvgIpc) is 3.12. The molecule has 2 aromatic carbocycles. The van der Waals surface area contributed by atoms with Crippen molar-refractivity contribution in [3.05, 3.63) is 83.6 Å². The molecular weight excluding hydrogens is 366 g/mol. The monoisotopic (exact) mass is 389 g/mol. The lowest BCUT2D eigenvalue weighted by Gasteiger charge is -2.05. The Bertz CT molecular complexity index is 1020. The number of carbonyl (C=O) groups is 1. The maximum absolute atomic E-state index is 12.1. The summed E-state index contributed by atoms with van der Waals surface area (Å²) in [6, 6.07) is 21.6. The van der Waals surface area contributed by atoms with Crippen LogP contribution >= 0.6 is 0 Å². The standard InChI is InChI=1S/C23H23N3O3/c1-3-29-23(28)20(17(2)27)15-24-22-14-21(19-12-8-5-9-13-19)25-26(22)16-18-10-6-4-7-11-18/h4-15,27H,3,16H2,1-2H3. The van der Waals surface area contributed by atoms with Crippen LogP contribution in [0.2, 0.25) is 0 Å². The van der Waals surface area contributed by atoms with Gasteiger partial charge in [-0.25, -0.2) is 14.5 Å². The van der Waals surface area contributed by atoms with Gasteiger partial charge in [-0.1, -0.05) is 60.7 Å². The summed E-state index contributed by atoms with van der Waals surface area (Å²) in [5, 5.41) is 14.5. The van der Waals surface area contributed by atoms with Crippen molar-refractivity contribution >= 4 is 18.0 Å². The molecule has 0 aliphatic heterocycles. The number of aromatic nitrogens is 2. The third-order valence-corrected chi connectivity index (χ3v) is 4.21. The Balaban J connectivity index is 1.98. The smallest absolute Gasteiger partial charge is 0.343 e. The predicted molar refractivity (Wildman–Crippen MR) is 113 cm³/mol. The molecule has 0 radical (unpaired) electrons. The van der Waals surface area contributed by atoms with Gasteiger partial charge in [0.25, 0.3) is 0 Å². The number of carbonyl (C=O) groups excluding carboxylic acids is 1. The largest absolute Gasteiger partial charge is 0.512 e. The maximum Gasteiger partial charge on any atom is 0.343 e. The SMILES string of the molecule is CCOC(=O)C(C=Nc1cc(-c2ccccc2)nn1Cc1ccccc1)=C(C)O. The third kappa shape index (κ3) is 5.19. The minimum absolute atomic E-state index is 0.0144. The van der Waals surface area contributed by atoms with Crippen LogP contribution < -0.4 is 0 Å². The molecule has 6 nitrogen and oxygen atoms in total. The molecule has 0 saturated heterocycles. The highest BCUT2D eigenvalue weighted by atomic mass is 16.5. The third-order valence-electron chi connectivity index (χ3n) is 4.21. The van der Waals surface area contributed by atoms with E-state index in [4.69, 9.17) is 4.74 Å². The first-order chi connectivity index (χ1) is 14.1. The number of hydrogen-bond acceptors (Lipinski definition) is 5. The lowest BCUT2D eigenvalue weighted by atomic mass is 10.2. The molecule has 0 bridgehead atoms. The van der Waals surface area contributed by atoms with Gasteiger partial charge >= 0.3 is 5.97 Å². The van der Waals surface area contributed by atoms with E-state index >= 15 is 0 Å². The van der Waals surface area contributed by atoms with Crippen LogP contribution in [0.3, 0.4) is 0 Å². The Labute approximate surface area is 169 Å². The molecule has 0 aliphatic carbocycles. The highest BCUT2D eigenvalue weighted by Gasteiger charge is 2.14. The molecule has 29 heavy (non-hydrogen) atoms. The Morgan fingerprint density at radius 1 is 1.14 bits per heavy atom. The van der Waals surface area contributed by atoms with Gasteiger partial charge in [0, 0.05) is 17.8 Å². The molecule has 0 spiro atoms. The molecule has 1 aromatic heterocycles. The van der Waals surface area contributed by atoms with Gasteiger partial charge in [-0.15, -0.1) is 0 Å². The van der Waals surface area contributed by atoms with Crippen LogP contribution in [0, 0.1) is 0 Å². The Kier molecular flexibility index (Phi) is 6.58. The van der Waals surface area contributed by atoms with Crippen LogP contribution in [0.1, 0.15) is 19.4 Å². The van der Waals surface area contributed by atoms with E-state index in [1.54, 1.807) is 11.6 Å². The number of rotatable bonds is 7. The molecular formula is C23H23N3O3. The Hall–Kier alpha value is -3.67. The van der Waals surface area contributed by atoms with Gasteiger partial charge in [-0.2, -0.15) is 5.10 Å². The number of hydrogen-bond donors (Lipinski definition) is 1. The van der Waals surface area contributed by atoms with Gasteiger partial charge in [-0.3, -0.25) is 0 Å². The second kappa shape index (κ2) is 9.50. The molecule has 148 valence electrons. The summed E-state index contributed by atoms with van der Waals surface area (Å²) in [6.45, 7) is 3.87. The molecule has 3 aromatic rings. The van der Waals surface area contributed by atoms with Crippen LogP contribution in [0.5, 0.6) is 0 Å². The molecule has 0 saturated carbocycles. The van der Waals surface area contributed by atoms with Crippen molar-refractivity contribution in [3.63, 3.8) is 0 Å². The summed E-state index contributed by atoms with van der Waals surface area (Å²) in [5.41, 5.74) is 2.83. The molecule has 0 unspecified atom stereocenters. The van der Waals surface area contributed by atoms with E-state index in [-0.39, 0.29) is 17.9 Å². The number of esters is 1. The number of aliphatic imine (C=N–C) groups is 1. The van der Waals surface area contributed by atoms with Gasteiger partial charge in [-0.05, 0) is 19.4 Å². The van der Waals surface area contributed by atoms with E-state index in [1.807, 2.05) is 66.7 Å². The van der Waals surface area contributed by atoms with Crippen molar-refractivity contribution in [3.8, 4) is 11.3 Å². The first-order valence-electron chi connectivity index (χ1n) is 9.36. The molecule has 3 rings (SSSR count). The molecule has 1 N–H and O–H groups in total. The van der Waals surface area contributed by atoms with Crippen molar-refractivity contribution in [2.24, 2.45) is 4.99 Å². The van der Waals surface area contributed by atoms with E-state index in [2.05, 4.69) is 10.1 Å². The fraction of sp³-hybridized carbons (Fsp3) is 0.174. The van der Waals surface area contributed by atoms with Gasteiger partial charge in [0.15, 0.2) is 5.82 Å². The second-order valence-electron chi connectivity index (χ2n) is 6.37. The fourth-order valence-electron chi connectivity index (χ4n) is 2.77. The van der Waals surface area contributed by atoms with E-state index in [9.17, 15) is 9.90 Å². The second-order valence-corrected chi connectivity index (χ2v) is 6.37. The predicted octanol–water partition coefficient (Wildman–Crippen LogP) is 4.70. The van der Waals surface area contributed by atoms with E-state index in [0.29, 0.717) is 12.4 Å². The number of ether oxygens (including phenoxy) is 1. The number of benzene rings is 2. The maximum atomic E-state index is 12.1. The zero-order valence-corrected chi connectivity index (χ0v) is 16.4. The average molecular weight is 389 g/mol. The highest BCUT2D eigenvalue weighted by Crippen LogP contribution is 2.24. The highest BCUT2D eigenvalue weighted by molar-refractivity contribution is 6.10. The van der Waals surface area contributed by atoms with Crippen LogP contribution in [-0.2, 0) is 16.1 Å². The van der Waals surface area contributed by atoms with Crippen LogP contribution in [-0.4, -0.2) is 33.7 Å². The van der Waals surface area contributed by atoms with Gasteiger partial charge in [0.1, 0.15) is 11.3 Å². The summed E-state index contributed by atoms with van der Waals surface area (Å²) >= 11 is 0. The van der Waals surface area contributed by atoms with Gasteiger partial charge in [0.2, 0.25) is 0 Å². The number of allylic oxidation sites excluding steroid dienone is 1. The summed E-state index contributed by atoms with van der Waals surface area (Å²) in [6.07, 6.45) is 1.32. The quantitative estimate of drug-likeness (QED) is 0.275. The van der Waals surface area contributed by atoms with Crippen LogP contribution in [0.25, 0.3) is 11.3 Å². The van der Waals surface area contributed by atoms with Gasteiger partial charge in [0.05, 0.1) is 18.8 Å². The van der Waals surface area contributed by atoms with Crippen molar-refractivity contribution in [1.29, 1.82) is 0 Å². The minimum atomic E-state index is -0.617. The van der Waals surface area contributed by atoms with Crippen LogP contribution in [0.15, 0.2) is 83.1 Å². The normalized spacial score (nSPS) is 12.1. The van der Waals surface area contributed by atoms with E-state index in [0.717, 1.165) is 16.8 Å². The van der Waals surface area contributed by atoms with Crippen molar-refractivity contribution < 1.29 is 14.6 Å². The van der Waals surface area contributed by atoms with Gasteiger partial charge < -0.3 is 9.84 Å². The number of aliphatic hydroxyl groups excluding tert-OH is 1. The summed E-state index contributed by atoms with van der Waals surface area (Å²) in [7, 11) is 0. The fourth-order valence-corrected chi connectivity index (χ4v) is 2.77. The summed E-state index contributed by atoms with van der Waals surface area (Å²) in [4.78, 5) is 16.5. The first kappa shape index (κ1) is 20.1. The Morgan fingerprint density at radius 3 is 2.41 bits per heavy atom. The van der Waals surface area contributed by atoms with Crippen molar-refractivity contribution in [1.82, 2.24) is 9.78 Å². The van der Waals surface area contributed by atoms with Crippen LogP contribution in [0.4, 0.5) is 5.82 Å².